The average Bonchev–Trinajstić information content (AvgIpc) is 2.72. The summed E-state index contributed by atoms with van der Waals surface area (Å²) in [5.41, 5.74) is 2.01. The number of hydrogen-bond acceptors (Lipinski definition) is 4. The molecule has 7 heteroatoms. The molecule has 0 radical (unpaired) electrons. The molecule has 2 amide bonds. The van der Waals surface area contributed by atoms with Crippen LogP contribution in [0.5, 0.6) is 5.75 Å². The Labute approximate surface area is 175 Å². The van der Waals surface area contributed by atoms with E-state index in [2.05, 4.69) is 5.32 Å². The lowest BCUT2D eigenvalue weighted by Crippen LogP contribution is -2.47. The van der Waals surface area contributed by atoms with Gasteiger partial charge in [-0.15, -0.1) is 11.8 Å². The summed E-state index contributed by atoms with van der Waals surface area (Å²) >= 11 is 7.41. The lowest BCUT2D eigenvalue weighted by molar-refractivity contribution is -0.138. The fraction of sp³-hybridized carbons (Fsp3) is 0.333. The predicted octanol–water partition coefficient (Wildman–Crippen LogP) is 3.75. The molecule has 5 nitrogen and oxygen atoms in total. The van der Waals surface area contributed by atoms with Crippen molar-refractivity contribution in [1.82, 2.24) is 10.2 Å². The van der Waals surface area contributed by atoms with E-state index < -0.39 is 6.04 Å². The van der Waals surface area contributed by atoms with Crippen LogP contribution in [0, 0.1) is 0 Å². The SMILES string of the molecule is CNC(=O)[C@@H](C)N(Cc1cccc(OC)c1)C(=O)CSCc1ccc(Cl)cc1. The third-order valence-corrected chi connectivity index (χ3v) is 5.55. The number of thioether (sulfide) groups is 1. The van der Waals surface area contributed by atoms with Gasteiger partial charge in [0.15, 0.2) is 0 Å². The van der Waals surface area contributed by atoms with Crippen LogP contribution < -0.4 is 10.1 Å². The van der Waals surface area contributed by atoms with Gasteiger partial charge in [0.2, 0.25) is 11.8 Å². The van der Waals surface area contributed by atoms with Crippen molar-refractivity contribution < 1.29 is 14.3 Å². The van der Waals surface area contributed by atoms with E-state index in [1.54, 1.807) is 26.0 Å². The molecule has 0 spiro atoms. The van der Waals surface area contributed by atoms with Gasteiger partial charge in [-0.05, 0) is 42.3 Å². The minimum absolute atomic E-state index is 0.0853. The first kappa shape index (κ1) is 22.1. The molecule has 0 heterocycles. The molecule has 2 rings (SSSR count). The summed E-state index contributed by atoms with van der Waals surface area (Å²) in [5.74, 6) is 1.42. The lowest BCUT2D eigenvalue weighted by atomic mass is 10.1. The van der Waals surface area contributed by atoms with Gasteiger partial charge in [0.25, 0.3) is 0 Å². The second-order valence-corrected chi connectivity index (χ2v) is 7.70. The number of ether oxygens (including phenoxy) is 1. The van der Waals surface area contributed by atoms with Crippen LogP contribution in [-0.4, -0.2) is 42.7 Å². The Morgan fingerprint density at radius 3 is 2.54 bits per heavy atom. The van der Waals surface area contributed by atoms with Gasteiger partial charge in [-0.3, -0.25) is 9.59 Å². The molecule has 0 saturated carbocycles. The third kappa shape index (κ3) is 6.46. The Morgan fingerprint density at radius 1 is 1.18 bits per heavy atom. The quantitative estimate of drug-likeness (QED) is 0.671. The molecular formula is C21H25ClN2O3S. The van der Waals surface area contributed by atoms with Crippen LogP contribution in [0.25, 0.3) is 0 Å². The highest BCUT2D eigenvalue weighted by atomic mass is 35.5. The van der Waals surface area contributed by atoms with E-state index in [-0.39, 0.29) is 17.6 Å². The van der Waals surface area contributed by atoms with E-state index in [1.165, 1.54) is 11.8 Å². The zero-order chi connectivity index (χ0) is 20.5. The molecule has 2 aromatic rings. The molecule has 0 aliphatic rings. The van der Waals surface area contributed by atoms with E-state index >= 15 is 0 Å². The van der Waals surface area contributed by atoms with Crippen molar-refractivity contribution in [3.63, 3.8) is 0 Å². The number of benzene rings is 2. The Hall–Kier alpha value is -2.18. The molecular weight excluding hydrogens is 396 g/mol. The average molecular weight is 421 g/mol. The second kappa shape index (κ2) is 11.0. The standard InChI is InChI=1S/C21H25ClN2O3S/c1-15(21(26)23-2)24(12-17-5-4-6-19(11-17)27-3)20(25)14-28-13-16-7-9-18(22)10-8-16/h4-11,15H,12-14H2,1-3H3,(H,23,26)/t15-/m1/s1. The normalized spacial score (nSPS) is 11.6. The number of carbonyl (C=O) groups excluding carboxylic acids is 2. The smallest absolute Gasteiger partial charge is 0.242 e. The van der Waals surface area contributed by atoms with Gasteiger partial charge in [-0.1, -0.05) is 35.9 Å². The Bertz CT molecular complexity index is 798. The highest BCUT2D eigenvalue weighted by Crippen LogP contribution is 2.19. The summed E-state index contributed by atoms with van der Waals surface area (Å²) in [4.78, 5) is 26.6. The zero-order valence-corrected chi connectivity index (χ0v) is 17.8. The zero-order valence-electron chi connectivity index (χ0n) is 16.3. The maximum atomic E-state index is 12.9. The number of halogens is 1. The third-order valence-electron chi connectivity index (χ3n) is 4.31. The number of hydrogen-bond donors (Lipinski definition) is 1. The fourth-order valence-corrected chi connectivity index (χ4v) is 3.68. The van der Waals surface area contributed by atoms with E-state index in [0.29, 0.717) is 17.3 Å². The maximum Gasteiger partial charge on any atom is 0.242 e. The van der Waals surface area contributed by atoms with Gasteiger partial charge < -0.3 is 15.0 Å². The predicted molar refractivity (Wildman–Crippen MR) is 115 cm³/mol. The molecule has 0 bridgehead atoms. The van der Waals surface area contributed by atoms with Crippen molar-refractivity contribution in [3.05, 3.63) is 64.7 Å². The number of methoxy groups -OCH3 is 1. The molecule has 0 saturated heterocycles. The Morgan fingerprint density at radius 2 is 1.89 bits per heavy atom. The number of likely N-dealkylation sites (N-methyl/N-ethyl adjacent to an activating group) is 1. The molecule has 2 aromatic carbocycles. The van der Waals surface area contributed by atoms with E-state index in [9.17, 15) is 9.59 Å². The van der Waals surface area contributed by atoms with E-state index in [1.807, 2.05) is 48.5 Å². The molecule has 0 aromatic heterocycles. The van der Waals surface area contributed by atoms with Gasteiger partial charge in [0.1, 0.15) is 11.8 Å². The summed E-state index contributed by atoms with van der Waals surface area (Å²) in [5, 5.41) is 3.31. The summed E-state index contributed by atoms with van der Waals surface area (Å²) in [7, 11) is 3.17. The number of nitrogens with one attached hydrogen (secondary N) is 1. The maximum absolute atomic E-state index is 12.9. The number of rotatable bonds is 9. The molecule has 150 valence electrons. The van der Waals surface area contributed by atoms with Crippen molar-refractivity contribution >= 4 is 35.2 Å². The van der Waals surface area contributed by atoms with Crippen LogP contribution in [-0.2, 0) is 21.9 Å². The first-order valence-electron chi connectivity index (χ1n) is 8.90. The Kier molecular flexibility index (Phi) is 8.67. The first-order valence-corrected chi connectivity index (χ1v) is 10.4. The van der Waals surface area contributed by atoms with Crippen LogP contribution in [0.15, 0.2) is 48.5 Å². The second-order valence-electron chi connectivity index (χ2n) is 6.28. The van der Waals surface area contributed by atoms with Crippen LogP contribution in [0.2, 0.25) is 5.02 Å². The highest BCUT2D eigenvalue weighted by molar-refractivity contribution is 7.99. The largest absolute Gasteiger partial charge is 0.497 e. The monoisotopic (exact) mass is 420 g/mol. The van der Waals surface area contributed by atoms with Gasteiger partial charge in [0.05, 0.1) is 12.9 Å². The van der Waals surface area contributed by atoms with Crippen LogP contribution in [0.3, 0.4) is 0 Å². The molecule has 1 N–H and O–H groups in total. The number of amides is 2. The van der Waals surface area contributed by atoms with Crippen molar-refractivity contribution in [2.75, 3.05) is 19.9 Å². The molecule has 0 unspecified atom stereocenters. The number of nitrogens with zero attached hydrogens (tertiary/aromatic N) is 1. The van der Waals surface area contributed by atoms with E-state index in [0.717, 1.165) is 16.9 Å². The van der Waals surface area contributed by atoms with Crippen molar-refractivity contribution in [2.45, 2.75) is 25.3 Å². The summed E-state index contributed by atoms with van der Waals surface area (Å²) in [6, 6.07) is 14.5. The minimum Gasteiger partial charge on any atom is -0.497 e. The van der Waals surface area contributed by atoms with Gasteiger partial charge in [-0.25, -0.2) is 0 Å². The highest BCUT2D eigenvalue weighted by Gasteiger charge is 2.25. The van der Waals surface area contributed by atoms with Crippen LogP contribution in [0.4, 0.5) is 0 Å². The molecule has 0 aliphatic carbocycles. The van der Waals surface area contributed by atoms with Crippen molar-refractivity contribution in [1.29, 1.82) is 0 Å². The van der Waals surface area contributed by atoms with Crippen LogP contribution in [0.1, 0.15) is 18.1 Å². The van der Waals surface area contributed by atoms with E-state index in [4.69, 9.17) is 16.3 Å². The lowest BCUT2D eigenvalue weighted by Gasteiger charge is -2.28. The minimum atomic E-state index is -0.570. The van der Waals surface area contributed by atoms with Gasteiger partial charge >= 0.3 is 0 Å². The molecule has 1 atom stereocenters. The molecule has 28 heavy (non-hydrogen) atoms. The number of carbonyl (C=O) groups is 2. The van der Waals surface area contributed by atoms with Crippen molar-refractivity contribution in [3.8, 4) is 5.75 Å². The van der Waals surface area contributed by atoms with Gasteiger partial charge in [-0.2, -0.15) is 0 Å². The summed E-state index contributed by atoms with van der Waals surface area (Å²) < 4.78 is 5.25. The summed E-state index contributed by atoms with van der Waals surface area (Å²) in [6.45, 7) is 2.08. The summed E-state index contributed by atoms with van der Waals surface area (Å²) in [6.07, 6.45) is 0. The molecule has 0 fully saturated rings. The topological polar surface area (TPSA) is 58.6 Å². The fourth-order valence-electron chi connectivity index (χ4n) is 2.68. The molecule has 0 aliphatic heterocycles. The first-order chi connectivity index (χ1) is 13.4. The van der Waals surface area contributed by atoms with Crippen molar-refractivity contribution in [2.24, 2.45) is 0 Å². The van der Waals surface area contributed by atoms with Crippen LogP contribution >= 0.6 is 23.4 Å². The Balaban J connectivity index is 2.05. The van der Waals surface area contributed by atoms with Gasteiger partial charge in [0, 0.05) is 24.4 Å².